The molecule has 4 rings (SSSR count). The van der Waals surface area contributed by atoms with Crippen molar-refractivity contribution in [2.24, 2.45) is 5.92 Å². The summed E-state index contributed by atoms with van der Waals surface area (Å²) in [5.41, 5.74) is 1.88. The number of hydrogen-bond acceptors (Lipinski definition) is 4. The van der Waals surface area contributed by atoms with E-state index in [9.17, 15) is 17.6 Å². The van der Waals surface area contributed by atoms with Gasteiger partial charge in [-0.3, -0.25) is 4.79 Å². The molecule has 9 heteroatoms. The third-order valence-electron chi connectivity index (χ3n) is 5.60. The van der Waals surface area contributed by atoms with E-state index in [4.69, 9.17) is 0 Å². The molecule has 2 aromatic carbocycles. The Kier molecular flexibility index (Phi) is 6.38. The fourth-order valence-electron chi connectivity index (χ4n) is 3.87. The largest absolute Gasteiger partial charge is 0.311 e. The first-order chi connectivity index (χ1) is 15.3. The van der Waals surface area contributed by atoms with Crippen LogP contribution in [0.3, 0.4) is 0 Å². The molecule has 0 radical (unpaired) electrons. The maximum Gasteiger partial charge on any atom is 0.243 e. The second-order valence-electron chi connectivity index (χ2n) is 7.94. The monoisotopic (exact) mass is 456 g/mol. The summed E-state index contributed by atoms with van der Waals surface area (Å²) in [7, 11) is -3.70. The van der Waals surface area contributed by atoms with Gasteiger partial charge in [-0.2, -0.15) is 9.40 Å². The van der Waals surface area contributed by atoms with Crippen molar-refractivity contribution in [2.45, 2.75) is 31.2 Å². The van der Waals surface area contributed by atoms with Gasteiger partial charge in [0.2, 0.25) is 15.9 Å². The zero-order valence-electron chi connectivity index (χ0n) is 17.7. The molecule has 0 atom stereocenters. The molecule has 32 heavy (non-hydrogen) atoms. The first-order valence-corrected chi connectivity index (χ1v) is 11.9. The SMILES string of the molecule is Cc1cc(NC(=O)C2CCN(S(=O)(=O)c3ccc(F)cc3)CC2)n(Cc2ccccc2)n1. The Balaban J connectivity index is 1.39. The van der Waals surface area contributed by atoms with Gasteiger partial charge in [0, 0.05) is 25.1 Å². The lowest BCUT2D eigenvalue weighted by atomic mass is 9.97. The summed E-state index contributed by atoms with van der Waals surface area (Å²) < 4.78 is 41.8. The van der Waals surface area contributed by atoms with Crippen molar-refractivity contribution in [3.8, 4) is 0 Å². The fraction of sp³-hybridized carbons (Fsp3) is 0.304. The highest BCUT2D eigenvalue weighted by Gasteiger charge is 2.32. The van der Waals surface area contributed by atoms with Gasteiger partial charge in [-0.05, 0) is 49.6 Å². The number of aryl methyl sites for hydroxylation is 1. The lowest BCUT2D eigenvalue weighted by Gasteiger charge is -2.30. The quantitative estimate of drug-likeness (QED) is 0.616. The molecule has 0 spiro atoms. The van der Waals surface area contributed by atoms with Gasteiger partial charge < -0.3 is 5.32 Å². The van der Waals surface area contributed by atoms with Crippen LogP contribution in [0.15, 0.2) is 65.6 Å². The van der Waals surface area contributed by atoms with E-state index in [1.807, 2.05) is 43.3 Å². The van der Waals surface area contributed by atoms with E-state index in [1.54, 1.807) is 4.68 Å². The predicted molar refractivity (Wildman–Crippen MR) is 119 cm³/mol. The maximum atomic E-state index is 13.1. The van der Waals surface area contributed by atoms with Crippen LogP contribution in [0.4, 0.5) is 10.2 Å². The molecule has 0 aliphatic carbocycles. The molecule has 1 amide bonds. The van der Waals surface area contributed by atoms with E-state index in [0.717, 1.165) is 23.4 Å². The van der Waals surface area contributed by atoms with Crippen molar-refractivity contribution in [2.75, 3.05) is 18.4 Å². The minimum absolute atomic E-state index is 0.0575. The van der Waals surface area contributed by atoms with E-state index in [0.29, 0.717) is 25.2 Å². The highest BCUT2D eigenvalue weighted by Crippen LogP contribution is 2.25. The van der Waals surface area contributed by atoms with Gasteiger partial charge in [0.15, 0.2) is 0 Å². The highest BCUT2D eigenvalue weighted by atomic mass is 32.2. The van der Waals surface area contributed by atoms with E-state index >= 15 is 0 Å². The molecule has 3 aromatic rings. The van der Waals surface area contributed by atoms with Crippen molar-refractivity contribution in [1.82, 2.24) is 14.1 Å². The van der Waals surface area contributed by atoms with Crippen LogP contribution in [0, 0.1) is 18.7 Å². The van der Waals surface area contributed by atoms with E-state index in [1.165, 1.54) is 16.4 Å². The topological polar surface area (TPSA) is 84.3 Å². The number of anilines is 1. The van der Waals surface area contributed by atoms with Gasteiger partial charge in [0.25, 0.3) is 0 Å². The summed E-state index contributed by atoms with van der Waals surface area (Å²) >= 11 is 0. The molecule has 0 saturated carbocycles. The number of benzene rings is 2. The second kappa shape index (κ2) is 9.22. The summed E-state index contributed by atoms with van der Waals surface area (Å²) in [6, 6.07) is 16.5. The molecule has 1 N–H and O–H groups in total. The molecular formula is C23H25FN4O3S. The van der Waals surface area contributed by atoms with Crippen LogP contribution < -0.4 is 5.32 Å². The molecular weight excluding hydrogens is 431 g/mol. The van der Waals surface area contributed by atoms with Gasteiger partial charge in [-0.1, -0.05) is 30.3 Å². The van der Waals surface area contributed by atoms with Crippen LogP contribution in [0.2, 0.25) is 0 Å². The number of aromatic nitrogens is 2. The number of carbonyl (C=O) groups is 1. The number of rotatable bonds is 6. The van der Waals surface area contributed by atoms with Crippen LogP contribution in [-0.2, 0) is 21.4 Å². The fourth-order valence-corrected chi connectivity index (χ4v) is 5.33. The third kappa shape index (κ3) is 4.89. The van der Waals surface area contributed by atoms with Crippen molar-refractivity contribution >= 4 is 21.7 Å². The zero-order valence-corrected chi connectivity index (χ0v) is 18.6. The summed E-state index contributed by atoms with van der Waals surface area (Å²) in [4.78, 5) is 12.9. The van der Waals surface area contributed by atoms with Crippen LogP contribution >= 0.6 is 0 Å². The molecule has 2 heterocycles. The molecule has 1 saturated heterocycles. The standard InChI is InChI=1S/C23H25FN4O3S/c1-17-15-22(28(26-17)16-18-5-3-2-4-6-18)25-23(29)19-11-13-27(14-12-19)32(30,31)21-9-7-20(24)8-10-21/h2-10,15,19H,11-14,16H2,1H3,(H,25,29). The van der Waals surface area contributed by atoms with Crippen LogP contribution in [-0.4, -0.2) is 41.5 Å². The second-order valence-corrected chi connectivity index (χ2v) is 9.87. The van der Waals surface area contributed by atoms with Gasteiger partial charge in [0.1, 0.15) is 11.6 Å². The Morgan fingerprint density at radius 1 is 1.09 bits per heavy atom. The molecule has 1 aliphatic heterocycles. The van der Waals surface area contributed by atoms with Crippen molar-refractivity contribution in [3.63, 3.8) is 0 Å². The first kappa shape index (κ1) is 22.2. The van der Waals surface area contributed by atoms with Crippen LogP contribution in [0.25, 0.3) is 0 Å². The molecule has 7 nitrogen and oxygen atoms in total. The maximum absolute atomic E-state index is 13.1. The number of halogens is 1. The minimum Gasteiger partial charge on any atom is -0.311 e. The number of hydrogen-bond donors (Lipinski definition) is 1. The minimum atomic E-state index is -3.70. The van der Waals surface area contributed by atoms with Crippen molar-refractivity contribution in [1.29, 1.82) is 0 Å². The van der Waals surface area contributed by atoms with E-state index in [2.05, 4.69) is 10.4 Å². The average Bonchev–Trinajstić information content (AvgIpc) is 3.13. The van der Waals surface area contributed by atoms with Crippen LogP contribution in [0.1, 0.15) is 24.1 Å². The third-order valence-corrected chi connectivity index (χ3v) is 7.52. The van der Waals surface area contributed by atoms with E-state index < -0.39 is 15.8 Å². The Hall–Kier alpha value is -3.04. The Bertz CT molecular complexity index is 1190. The number of sulfonamides is 1. The van der Waals surface area contributed by atoms with Gasteiger partial charge in [-0.15, -0.1) is 0 Å². The predicted octanol–water partition coefficient (Wildman–Crippen LogP) is 3.42. The van der Waals surface area contributed by atoms with Crippen molar-refractivity contribution < 1.29 is 17.6 Å². The summed E-state index contributed by atoms with van der Waals surface area (Å²) in [6.07, 6.45) is 0.829. The molecule has 1 aliphatic rings. The molecule has 1 fully saturated rings. The number of nitrogens with one attached hydrogen (secondary N) is 1. The normalized spacial score (nSPS) is 15.6. The zero-order chi connectivity index (χ0) is 22.7. The summed E-state index contributed by atoms with van der Waals surface area (Å²) in [5.74, 6) is -0.299. The lowest BCUT2D eigenvalue weighted by molar-refractivity contribution is -0.121. The van der Waals surface area contributed by atoms with E-state index in [-0.39, 0.29) is 29.8 Å². The number of amides is 1. The van der Waals surface area contributed by atoms with Gasteiger partial charge in [-0.25, -0.2) is 17.5 Å². The summed E-state index contributed by atoms with van der Waals surface area (Å²) in [5, 5.41) is 7.44. The average molecular weight is 457 g/mol. The Labute approximate surface area is 186 Å². The van der Waals surface area contributed by atoms with Gasteiger partial charge in [0.05, 0.1) is 17.1 Å². The highest BCUT2D eigenvalue weighted by molar-refractivity contribution is 7.89. The lowest BCUT2D eigenvalue weighted by Crippen LogP contribution is -2.41. The van der Waals surface area contributed by atoms with Crippen LogP contribution in [0.5, 0.6) is 0 Å². The Morgan fingerprint density at radius 2 is 1.75 bits per heavy atom. The summed E-state index contributed by atoms with van der Waals surface area (Å²) in [6.45, 7) is 2.88. The number of carbonyl (C=O) groups excluding carboxylic acids is 1. The van der Waals surface area contributed by atoms with Crippen molar-refractivity contribution in [3.05, 3.63) is 77.7 Å². The molecule has 1 aromatic heterocycles. The molecule has 168 valence electrons. The smallest absolute Gasteiger partial charge is 0.243 e. The molecule has 0 unspecified atom stereocenters. The van der Waals surface area contributed by atoms with Gasteiger partial charge >= 0.3 is 0 Å². The number of piperidine rings is 1. The first-order valence-electron chi connectivity index (χ1n) is 10.5. The number of nitrogens with zero attached hydrogens (tertiary/aromatic N) is 3. The Morgan fingerprint density at radius 3 is 2.41 bits per heavy atom. The molecule has 0 bridgehead atoms.